The van der Waals surface area contributed by atoms with Gasteiger partial charge < -0.3 is 4.74 Å². The minimum atomic E-state index is -0.245. The van der Waals surface area contributed by atoms with Gasteiger partial charge in [0, 0.05) is 18.2 Å². The zero-order chi connectivity index (χ0) is 12.8. The number of carbonyl (C=O) groups excluding carboxylic acids is 2. The quantitative estimate of drug-likeness (QED) is 0.579. The van der Waals surface area contributed by atoms with Gasteiger partial charge in [-0.25, -0.2) is 0 Å². The van der Waals surface area contributed by atoms with Crippen LogP contribution in [0.2, 0.25) is 0 Å². The molecule has 1 rings (SSSR count). The molecule has 0 unspecified atom stereocenters. The highest BCUT2D eigenvalue weighted by Crippen LogP contribution is 2.21. The largest absolute Gasteiger partial charge is 0.466 e. The van der Waals surface area contributed by atoms with E-state index in [-0.39, 0.29) is 17.7 Å². The van der Waals surface area contributed by atoms with Gasteiger partial charge in [0.05, 0.1) is 11.5 Å². The maximum atomic E-state index is 11.5. The molecule has 94 valence electrons. The van der Waals surface area contributed by atoms with Crippen molar-refractivity contribution in [1.29, 1.82) is 0 Å². The molecule has 0 saturated heterocycles. The van der Waals surface area contributed by atoms with E-state index < -0.39 is 0 Å². The Morgan fingerprint density at radius 3 is 2.71 bits per heavy atom. The highest BCUT2D eigenvalue weighted by atomic mass is 32.1. The second-order valence-electron chi connectivity index (χ2n) is 4.15. The summed E-state index contributed by atoms with van der Waals surface area (Å²) in [5.74, 6) is 0.223. The molecule has 0 N–H and O–H groups in total. The van der Waals surface area contributed by atoms with Crippen LogP contribution in [0.1, 0.15) is 41.7 Å². The molecule has 1 heterocycles. The molecule has 0 aliphatic carbocycles. The number of esters is 1. The van der Waals surface area contributed by atoms with E-state index in [2.05, 4.69) is 0 Å². The van der Waals surface area contributed by atoms with Gasteiger partial charge >= 0.3 is 5.97 Å². The second-order valence-corrected chi connectivity index (χ2v) is 5.32. The molecule has 0 aromatic carbocycles. The molecule has 0 saturated carbocycles. The molecule has 1 aromatic rings. The average Bonchev–Trinajstić information content (AvgIpc) is 2.73. The van der Waals surface area contributed by atoms with Crippen LogP contribution in [0.3, 0.4) is 0 Å². The van der Waals surface area contributed by atoms with Crippen molar-refractivity contribution in [3.63, 3.8) is 0 Å². The highest BCUT2D eigenvalue weighted by molar-refractivity contribution is 7.14. The summed E-state index contributed by atoms with van der Waals surface area (Å²) in [7, 11) is 0. The van der Waals surface area contributed by atoms with Crippen LogP contribution in [-0.4, -0.2) is 18.4 Å². The zero-order valence-electron chi connectivity index (χ0n) is 10.5. The van der Waals surface area contributed by atoms with Gasteiger partial charge in [0.15, 0.2) is 5.78 Å². The molecular formula is C13H18O3S. The van der Waals surface area contributed by atoms with E-state index in [4.69, 9.17) is 4.74 Å². The second kappa shape index (κ2) is 6.55. The monoisotopic (exact) mass is 254 g/mol. The van der Waals surface area contributed by atoms with Crippen LogP contribution in [0.5, 0.6) is 0 Å². The zero-order valence-corrected chi connectivity index (χ0v) is 11.3. The topological polar surface area (TPSA) is 43.4 Å². The van der Waals surface area contributed by atoms with Crippen LogP contribution in [0, 0.1) is 5.92 Å². The molecule has 0 spiro atoms. The first-order valence-corrected chi connectivity index (χ1v) is 6.59. The molecule has 0 bridgehead atoms. The lowest BCUT2D eigenvalue weighted by Gasteiger charge is -2.09. The molecule has 0 aliphatic rings. The SMILES string of the molecule is CCC(=O)c1ccc(C[C@H](C)COC(C)=O)s1. The maximum absolute atomic E-state index is 11.5. The predicted molar refractivity (Wildman–Crippen MR) is 68.4 cm³/mol. The molecular weight excluding hydrogens is 236 g/mol. The Balaban J connectivity index is 2.48. The minimum absolute atomic E-state index is 0.189. The molecule has 0 amide bonds. The van der Waals surface area contributed by atoms with Gasteiger partial charge in [-0.2, -0.15) is 0 Å². The average molecular weight is 254 g/mol. The van der Waals surface area contributed by atoms with Crippen LogP contribution in [0.4, 0.5) is 0 Å². The molecule has 0 radical (unpaired) electrons. The van der Waals surface area contributed by atoms with Crippen molar-refractivity contribution >= 4 is 23.1 Å². The van der Waals surface area contributed by atoms with Crippen molar-refractivity contribution in [2.75, 3.05) is 6.61 Å². The first kappa shape index (κ1) is 13.9. The third-order valence-electron chi connectivity index (χ3n) is 2.38. The van der Waals surface area contributed by atoms with E-state index >= 15 is 0 Å². The van der Waals surface area contributed by atoms with Gasteiger partial charge in [-0.3, -0.25) is 9.59 Å². The smallest absolute Gasteiger partial charge is 0.302 e. The predicted octanol–water partition coefficient (Wildman–Crippen LogP) is 3.08. The van der Waals surface area contributed by atoms with Crippen LogP contribution >= 0.6 is 11.3 Å². The summed E-state index contributed by atoms with van der Waals surface area (Å²) in [5.41, 5.74) is 0. The van der Waals surface area contributed by atoms with Crippen molar-refractivity contribution in [2.45, 2.75) is 33.6 Å². The van der Waals surface area contributed by atoms with Crippen LogP contribution in [0.15, 0.2) is 12.1 Å². The Morgan fingerprint density at radius 2 is 2.12 bits per heavy atom. The van der Waals surface area contributed by atoms with E-state index in [1.54, 1.807) is 0 Å². The van der Waals surface area contributed by atoms with E-state index in [1.165, 1.54) is 23.1 Å². The maximum Gasteiger partial charge on any atom is 0.302 e. The van der Waals surface area contributed by atoms with E-state index in [0.717, 1.165) is 11.3 Å². The summed E-state index contributed by atoms with van der Waals surface area (Å²) in [6.07, 6.45) is 1.39. The fraction of sp³-hybridized carbons (Fsp3) is 0.538. The molecule has 1 atom stereocenters. The summed E-state index contributed by atoms with van der Waals surface area (Å²) in [6, 6.07) is 3.86. The van der Waals surface area contributed by atoms with E-state index in [1.807, 2.05) is 26.0 Å². The summed E-state index contributed by atoms with van der Waals surface area (Å²) in [6.45, 7) is 5.75. The van der Waals surface area contributed by atoms with Gasteiger partial charge in [-0.1, -0.05) is 13.8 Å². The number of rotatable bonds is 6. The fourth-order valence-corrected chi connectivity index (χ4v) is 2.65. The number of thiophene rings is 1. The molecule has 1 aromatic heterocycles. The Morgan fingerprint density at radius 1 is 1.41 bits per heavy atom. The lowest BCUT2D eigenvalue weighted by atomic mass is 10.1. The normalized spacial score (nSPS) is 12.2. The lowest BCUT2D eigenvalue weighted by Crippen LogP contribution is -2.10. The summed E-state index contributed by atoms with van der Waals surface area (Å²) in [5, 5.41) is 0. The van der Waals surface area contributed by atoms with Crippen LogP contribution in [-0.2, 0) is 16.0 Å². The van der Waals surface area contributed by atoms with Gasteiger partial charge in [0.25, 0.3) is 0 Å². The molecule has 17 heavy (non-hydrogen) atoms. The van der Waals surface area contributed by atoms with Gasteiger partial charge in [0.1, 0.15) is 0 Å². The molecule has 0 aliphatic heterocycles. The third kappa shape index (κ3) is 4.69. The number of ether oxygens (including phenoxy) is 1. The van der Waals surface area contributed by atoms with E-state index in [9.17, 15) is 9.59 Å². The lowest BCUT2D eigenvalue weighted by molar-refractivity contribution is -0.142. The number of hydrogen-bond acceptors (Lipinski definition) is 4. The minimum Gasteiger partial charge on any atom is -0.466 e. The van der Waals surface area contributed by atoms with Crippen molar-refractivity contribution in [3.05, 3.63) is 21.9 Å². The van der Waals surface area contributed by atoms with Crippen molar-refractivity contribution in [3.8, 4) is 0 Å². The number of hydrogen-bond donors (Lipinski definition) is 0. The summed E-state index contributed by atoms with van der Waals surface area (Å²) in [4.78, 5) is 24.1. The van der Waals surface area contributed by atoms with Crippen molar-refractivity contribution in [2.24, 2.45) is 5.92 Å². The van der Waals surface area contributed by atoms with Crippen molar-refractivity contribution in [1.82, 2.24) is 0 Å². The van der Waals surface area contributed by atoms with Crippen LogP contribution in [0.25, 0.3) is 0 Å². The first-order chi connectivity index (χ1) is 8.02. The van der Waals surface area contributed by atoms with E-state index in [0.29, 0.717) is 13.0 Å². The van der Waals surface area contributed by atoms with Gasteiger partial charge in [-0.05, 0) is 24.5 Å². The van der Waals surface area contributed by atoms with Crippen LogP contribution < -0.4 is 0 Å². The third-order valence-corrected chi connectivity index (χ3v) is 3.53. The van der Waals surface area contributed by atoms with Gasteiger partial charge in [0.2, 0.25) is 0 Å². The molecule has 0 fully saturated rings. The van der Waals surface area contributed by atoms with Gasteiger partial charge in [-0.15, -0.1) is 11.3 Å². The summed E-state index contributed by atoms with van der Waals surface area (Å²) < 4.78 is 4.95. The summed E-state index contributed by atoms with van der Waals surface area (Å²) >= 11 is 1.54. The fourth-order valence-electron chi connectivity index (χ4n) is 1.47. The Labute approximate surface area is 106 Å². The number of ketones is 1. The highest BCUT2D eigenvalue weighted by Gasteiger charge is 2.10. The van der Waals surface area contributed by atoms with Crippen molar-refractivity contribution < 1.29 is 14.3 Å². The molecule has 4 heteroatoms. The Hall–Kier alpha value is -1.16. The first-order valence-electron chi connectivity index (χ1n) is 5.78. The number of Topliss-reactive ketones (excluding diaryl/α,β-unsaturated/α-hetero) is 1. The Kier molecular flexibility index (Phi) is 5.35. The number of carbonyl (C=O) groups is 2. The molecule has 3 nitrogen and oxygen atoms in total. The standard InChI is InChI=1S/C13H18O3S/c1-4-12(15)13-6-5-11(17-13)7-9(2)8-16-10(3)14/h5-6,9H,4,7-8H2,1-3H3/t9-/m0/s1. The Bertz CT molecular complexity index is 395.